The summed E-state index contributed by atoms with van der Waals surface area (Å²) in [5.74, 6) is -1.21. The zero-order valence-corrected chi connectivity index (χ0v) is 20.8. The molecule has 1 N–H and O–H groups in total. The first-order valence-electron chi connectivity index (χ1n) is 11.5. The van der Waals surface area contributed by atoms with Crippen LogP contribution in [0.25, 0.3) is 6.08 Å². The Morgan fingerprint density at radius 2 is 1.92 bits per heavy atom. The summed E-state index contributed by atoms with van der Waals surface area (Å²) in [7, 11) is 0. The van der Waals surface area contributed by atoms with E-state index >= 15 is 0 Å². The molecule has 9 nitrogen and oxygen atoms in total. The molecule has 2 fully saturated rings. The van der Waals surface area contributed by atoms with Crippen molar-refractivity contribution in [3.05, 3.63) is 52.9 Å². The lowest BCUT2D eigenvalue weighted by Gasteiger charge is -2.30. The van der Waals surface area contributed by atoms with Gasteiger partial charge in [0.15, 0.2) is 11.5 Å². The number of halogens is 2. The second kappa shape index (κ2) is 12.1. The number of anilines is 2. The summed E-state index contributed by atoms with van der Waals surface area (Å²) < 4.78 is 40.5. The van der Waals surface area contributed by atoms with Crippen LogP contribution >= 0.6 is 11.8 Å². The highest BCUT2D eigenvalue weighted by atomic mass is 32.2. The maximum Gasteiger partial charge on any atom is 0.387 e. The molecule has 4 rings (SSSR count). The highest BCUT2D eigenvalue weighted by molar-refractivity contribution is 8.18. The van der Waals surface area contributed by atoms with Crippen LogP contribution in [-0.2, 0) is 14.3 Å². The van der Waals surface area contributed by atoms with E-state index in [1.54, 1.807) is 19.1 Å². The third-order valence-corrected chi connectivity index (χ3v) is 6.39. The number of thioether (sulfide) groups is 1. The Bertz CT molecular complexity index is 1200. The van der Waals surface area contributed by atoms with Crippen LogP contribution in [0.4, 0.5) is 25.0 Å². The molecule has 0 aliphatic carbocycles. The molecule has 0 spiro atoms. The number of imide groups is 1. The molecule has 2 aliphatic rings. The summed E-state index contributed by atoms with van der Waals surface area (Å²) in [4.78, 5) is 41.3. The molecule has 0 bridgehead atoms. The van der Waals surface area contributed by atoms with Crippen molar-refractivity contribution in [3.8, 4) is 11.5 Å². The van der Waals surface area contributed by atoms with Crippen LogP contribution < -0.4 is 19.7 Å². The summed E-state index contributed by atoms with van der Waals surface area (Å²) in [6, 6.07) is 11.5. The second-order valence-electron chi connectivity index (χ2n) is 7.95. The maximum absolute atomic E-state index is 12.9. The fraction of sp³-hybridized carbons (Fsp3) is 0.320. The SMILES string of the molecule is CCOc1cc(/C=C2\SC(=O)N(CC(=O)Nc3ccccc3N3CCOCC3)C2=O)ccc1OC(F)F. The molecule has 196 valence electrons. The molecule has 2 heterocycles. The van der Waals surface area contributed by atoms with E-state index in [0.717, 1.165) is 10.6 Å². The highest BCUT2D eigenvalue weighted by Crippen LogP contribution is 2.35. The Kier molecular flexibility index (Phi) is 8.62. The number of rotatable bonds is 9. The molecule has 0 atom stereocenters. The van der Waals surface area contributed by atoms with E-state index in [1.165, 1.54) is 24.3 Å². The summed E-state index contributed by atoms with van der Waals surface area (Å²) in [6.07, 6.45) is 1.44. The number of para-hydroxylation sites is 2. The molecule has 2 aromatic carbocycles. The Morgan fingerprint density at radius 1 is 1.16 bits per heavy atom. The van der Waals surface area contributed by atoms with E-state index in [9.17, 15) is 23.2 Å². The minimum atomic E-state index is -3.02. The van der Waals surface area contributed by atoms with Gasteiger partial charge in [-0.15, -0.1) is 0 Å². The van der Waals surface area contributed by atoms with E-state index < -0.39 is 30.2 Å². The molecule has 12 heteroatoms. The molecular weight excluding hydrogens is 508 g/mol. The molecule has 3 amide bonds. The van der Waals surface area contributed by atoms with Crippen molar-refractivity contribution in [1.82, 2.24) is 4.90 Å². The lowest BCUT2D eigenvalue weighted by molar-refractivity contribution is -0.127. The van der Waals surface area contributed by atoms with Gasteiger partial charge >= 0.3 is 6.61 Å². The third kappa shape index (κ3) is 6.57. The lowest BCUT2D eigenvalue weighted by Crippen LogP contribution is -2.38. The minimum Gasteiger partial charge on any atom is -0.490 e. The van der Waals surface area contributed by atoms with Crippen molar-refractivity contribution in [2.24, 2.45) is 0 Å². The lowest BCUT2D eigenvalue weighted by atomic mass is 10.2. The zero-order chi connectivity index (χ0) is 26.4. The quantitative estimate of drug-likeness (QED) is 0.479. The number of alkyl halides is 2. The van der Waals surface area contributed by atoms with Crippen LogP contribution in [0.2, 0.25) is 0 Å². The molecule has 37 heavy (non-hydrogen) atoms. The Balaban J connectivity index is 1.45. The zero-order valence-electron chi connectivity index (χ0n) is 19.9. The van der Waals surface area contributed by atoms with E-state index in [4.69, 9.17) is 9.47 Å². The van der Waals surface area contributed by atoms with Crippen LogP contribution in [0, 0.1) is 0 Å². The van der Waals surface area contributed by atoms with Crippen molar-refractivity contribution >= 4 is 46.3 Å². The number of morpholine rings is 1. The number of carbonyl (C=O) groups excluding carboxylic acids is 3. The first-order chi connectivity index (χ1) is 17.9. The Hall–Kier alpha value is -3.64. The summed E-state index contributed by atoms with van der Waals surface area (Å²) in [5.41, 5.74) is 1.85. The van der Waals surface area contributed by atoms with Gasteiger partial charge in [0.25, 0.3) is 11.1 Å². The van der Waals surface area contributed by atoms with Gasteiger partial charge in [0.1, 0.15) is 6.54 Å². The molecule has 2 saturated heterocycles. The van der Waals surface area contributed by atoms with Gasteiger partial charge in [0.2, 0.25) is 5.91 Å². The first kappa shape index (κ1) is 26.4. The van der Waals surface area contributed by atoms with Gasteiger partial charge in [-0.05, 0) is 54.6 Å². The normalized spacial score (nSPS) is 17.0. The fourth-order valence-corrected chi connectivity index (χ4v) is 4.69. The van der Waals surface area contributed by atoms with Crippen LogP contribution in [0.1, 0.15) is 12.5 Å². The Morgan fingerprint density at radius 3 is 2.65 bits per heavy atom. The first-order valence-corrected chi connectivity index (χ1v) is 12.4. The van der Waals surface area contributed by atoms with Crippen LogP contribution in [0.3, 0.4) is 0 Å². The van der Waals surface area contributed by atoms with Crippen LogP contribution in [0.5, 0.6) is 11.5 Å². The summed E-state index contributed by atoms with van der Waals surface area (Å²) in [5, 5.41) is 2.21. The standard InChI is InChI=1S/C25H25F2N3O6S/c1-2-35-20-13-16(7-8-19(20)36-24(26)27)14-21-23(32)30(25(33)37-21)15-22(31)28-17-5-3-4-6-18(17)29-9-11-34-12-10-29/h3-8,13-14,24H,2,9-12,15H2,1H3,(H,28,31)/b21-14-. The summed E-state index contributed by atoms with van der Waals surface area (Å²) >= 11 is 0.689. The van der Waals surface area contributed by atoms with Crippen molar-refractivity contribution in [1.29, 1.82) is 0 Å². The average molecular weight is 534 g/mol. The Labute approximate surface area is 216 Å². The minimum absolute atomic E-state index is 0.0779. The van der Waals surface area contributed by atoms with Crippen molar-refractivity contribution in [2.75, 3.05) is 49.7 Å². The molecular formula is C25H25F2N3O6S. The number of benzene rings is 2. The predicted molar refractivity (Wildman–Crippen MR) is 135 cm³/mol. The van der Waals surface area contributed by atoms with Gasteiger partial charge in [-0.3, -0.25) is 19.3 Å². The monoisotopic (exact) mass is 533 g/mol. The number of amides is 3. The van der Waals surface area contributed by atoms with Crippen LogP contribution in [-0.4, -0.2) is 68.0 Å². The average Bonchev–Trinajstić information content (AvgIpc) is 3.13. The number of nitrogens with zero attached hydrogens (tertiary/aromatic N) is 2. The topological polar surface area (TPSA) is 97.4 Å². The van der Waals surface area contributed by atoms with Gasteiger partial charge in [-0.1, -0.05) is 18.2 Å². The van der Waals surface area contributed by atoms with Gasteiger partial charge in [-0.2, -0.15) is 8.78 Å². The van der Waals surface area contributed by atoms with Gasteiger partial charge in [0, 0.05) is 13.1 Å². The van der Waals surface area contributed by atoms with E-state index in [1.807, 2.05) is 12.1 Å². The maximum atomic E-state index is 12.9. The molecule has 0 radical (unpaired) electrons. The number of nitrogens with one attached hydrogen (secondary N) is 1. The number of carbonyl (C=O) groups is 3. The number of ether oxygens (including phenoxy) is 3. The number of hydrogen-bond acceptors (Lipinski definition) is 8. The van der Waals surface area contributed by atoms with Gasteiger partial charge < -0.3 is 24.4 Å². The molecule has 0 aromatic heterocycles. The van der Waals surface area contributed by atoms with E-state index in [0.29, 0.717) is 49.3 Å². The molecule has 2 aliphatic heterocycles. The van der Waals surface area contributed by atoms with E-state index in [2.05, 4.69) is 15.0 Å². The smallest absolute Gasteiger partial charge is 0.387 e. The van der Waals surface area contributed by atoms with Crippen LogP contribution in [0.15, 0.2) is 47.4 Å². The van der Waals surface area contributed by atoms with Crippen molar-refractivity contribution < 1.29 is 37.4 Å². The fourth-order valence-electron chi connectivity index (χ4n) is 3.86. The summed E-state index contributed by atoms with van der Waals surface area (Å²) in [6.45, 7) is 0.956. The predicted octanol–water partition coefficient (Wildman–Crippen LogP) is 4.20. The largest absolute Gasteiger partial charge is 0.490 e. The van der Waals surface area contributed by atoms with Crippen molar-refractivity contribution in [2.45, 2.75) is 13.5 Å². The second-order valence-corrected chi connectivity index (χ2v) is 8.94. The van der Waals surface area contributed by atoms with E-state index in [-0.39, 0.29) is 23.0 Å². The van der Waals surface area contributed by atoms with Gasteiger partial charge in [-0.25, -0.2) is 0 Å². The van der Waals surface area contributed by atoms with Gasteiger partial charge in [0.05, 0.1) is 36.1 Å². The third-order valence-electron chi connectivity index (χ3n) is 5.49. The molecule has 0 unspecified atom stereocenters. The van der Waals surface area contributed by atoms with Crippen molar-refractivity contribution in [3.63, 3.8) is 0 Å². The number of hydrogen-bond donors (Lipinski definition) is 1. The molecule has 0 saturated carbocycles. The molecule has 2 aromatic rings. The highest BCUT2D eigenvalue weighted by Gasteiger charge is 2.36.